The van der Waals surface area contributed by atoms with E-state index in [-0.39, 0.29) is 6.04 Å². The first kappa shape index (κ1) is 13.9. The molecule has 0 aliphatic carbocycles. The molecule has 2 aromatic heterocycles. The Labute approximate surface area is 116 Å². The van der Waals surface area contributed by atoms with Crippen molar-refractivity contribution in [2.75, 3.05) is 7.11 Å². The van der Waals surface area contributed by atoms with Gasteiger partial charge in [-0.2, -0.15) is 0 Å². The Hall–Kier alpha value is -1.50. The van der Waals surface area contributed by atoms with Crippen molar-refractivity contribution in [1.82, 2.24) is 15.4 Å². The lowest BCUT2D eigenvalue weighted by molar-refractivity contribution is 0.406. The fourth-order valence-corrected chi connectivity index (χ4v) is 2.72. The quantitative estimate of drug-likeness (QED) is 0.645. The molecule has 0 aromatic carbocycles. The van der Waals surface area contributed by atoms with Crippen LogP contribution in [-0.4, -0.2) is 17.1 Å². The molecule has 1 unspecified atom stereocenters. The Morgan fingerprint density at radius 2 is 2.21 bits per heavy atom. The minimum Gasteiger partial charge on any atom is -0.496 e. The van der Waals surface area contributed by atoms with Gasteiger partial charge in [-0.25, -0.2) is 4.98 Å². The molecule has 102 valence electrons. The number of aryl methyl sites for hydroxylation is 1. The van der Waals surface area contributed by atoms with E-state index in [0.29, 0.717) is 6.42 Å². The molecule has 0 spiro atoms. The van der Waals surface area contributed by atoms with Crippen LogP contribution in [0.2, 0.25) is 0 Å². The summed E-state index contributed by atoms with van der Waals surface area (Å²) in [6, 6.07) is -0.0372. The van der Waals surface area contributed by atoms with Crippen molar-refractivity contribution in [1.29, 1.82) is 0 Å². The summed E-state index contributed by atoms with van der Waals surface area (Å²) in [5.41, 5.74) is 8.60. The highest BCUT2D eigenvalue weighted by atomic mass is 32.1. The molecule has 1 atom stereocenters. The van der Waals surface area contributed by atoms with Crippen LogP contribution in [0.3, 0.4) is 0 Å². The SMILES string of the molecule is COc1c(C)cnc(CC(NN)c2cscn2)c1C. The molecule has 0 fully saturated rings. The summed E-state index contributed by atoms with van der Waals surface area (Å²) in [5.74, 6) is 6.51. The van der Waals surface area contributed by atoms with Crippen molar-refractivity contribution in [2.24, 2.45) is 5.84 Å². The maximum Gasteiger partial charge on any atom is 0.128 e. The van der Waals surface area contributed by atoms with Gasteiger partial charge < -0.3 is 4.74 Å². The number of nitrogens with two attached hydrogens (primary N) is 1. The van der Waals surface area contributed by atoms with E-state index in [1.807, 2.05) is 25.4 Å². The van der Waals surface area contributed by atoms with Crippen molar-refractivity contribution in [3.63, 3.8) is 0 Å². The number of thiazole rings is 1. The Balaban J connectivity index is 2.28. The maximum atomic E-state index is 5.62. The van der Waals surface area contributed by atoms with E-state index in [1.165, 1.54) is 0 Å². The van der Waals surface area contributed by atoms with Gasteiger partial charge in [0.25, 0.3) is 0 Å². The molecule has 0 bridgehead atoms. The largest absolute Gasteiger partial charge is 0.496 e. The molecule has 0 aliphatic rings. The van der Waals surface area contributed by atoms with Gasteiger partial charge >= 0.3 is 0 Å². The molecule has 5 nitrogen and oxygen atoms in total. The number of hydrazine groups is 1. The summed E-state index contributed by atoms with van der Waals surface area (Å²) >= 11 is 1.56. The van der Waals surface area contributed by atoms with E-state index in [0.717, 1.165) is 28.3 Å². The first-order valence-corrected chi connectivity index (χ1v) is 6.95. The smallest absolute Gasteiger partial charge is 0.128 e. The molecule has 2 heterocycles. The van der Waals surface area contributed by atoms with E-state index in [2.05, 4.69) is 15.4 Å². The van der Waals surface area contributed by atoms with Gasteiger partial charge in [-0.05, 0) is 13.8 Å². The van der Waals surface area contributed by atoms with Crippen LogP contribution in [0.15, 0.2) is 17.1 Å². The average molecular weight is 278 g/mol. The Bertz CT molecular complexity index is 542. The molecular formula is C13H18N4OS. The fraction of sp³-hybridized carbons (Fsp3) is 0.385. The number of ether oxygens (including phenoxy) is 1. The van der Waals surface area contributed by atoms with Crippen LogP contribution in [0.4, 0.5) is 0 Å². The average Bonchev–Trinajstić information content (AvgIpc) is 2.92. The summed E-state index contributed by atoms with van der Waals surface area (Å²) in [6.07, 6.45) is 2.51. The third-order valence-electron chi connectivity index (χ3n) is 3.16. The molecule has 3 N–H and O–H groups in total. The predicted octanol–water partition coefficient (Wildman–Crippen LogP) is 1.91. The van der Waals surface area contributed by atoms with Crippen LogP contribution in [-0.2, 0) is 6.42 Å². The second-order valence-corrected chi connectivity index (χ2v) is 5.10. The topological polar surface area (TPSA) is 73.1 Å². The van der Waals surface area contributed by atoms with Crippen LogP contribution < -0.4 is 16.0 Å². The Morgan fingerprint density at radius 1 is 1.42 bits per heavy atom. The zero-order valence-electron chi connectivity index (χ0n) is 11.3. The van der Waals surface area contributed by atoms with Crippen molar-refractivity contribution in [2.45, 2.75) is 26.3 Å². The molecule has 19 heavy (non-hydrogen) atoms. The standard InChI is InChI=1S/C13H18N4OS/c1-8-5-15-10(9(2)13(8)18-3)4-11(17-14)12-6-19-7-16-12/h5-7,11,17H,4,14H2,1-3H3. The van der Waals surface area contributed by atoms with Crippen molar-refractivity contribution in [3.8, 4) is 5.75 Å². The highest BCUT2D eigenvalue weighted by Crippen LogP contribution is 2.26. The number of hydrogen-bond acceptors (Lipinski definition) is 6. The van der Waals surface area contributed by atoms with Crippen molar-refractivity contribution in [3.05, 3.63) is 39.6 Å². The highest BCUT2D eigenvalue weighted by molar-refractivity contribution is 7.07. The molecular weight excluding hydrogens is 260 g/mol. The molecule has 0 saturated heterocycles. The minimum absolute atomic E-state index is 0.0372. The zero-order chi connectivity index (χ0) is 13.8. The molecule has 0 saturated carbocycles. The summed E-state index contributed by atoms with van der Waals surface area (Å²) in [6.45, 7) is 4.00. The van der Waals surface area contributed by atoms with E-state index in [4.69, 9.17) is 10.6 Å². The summed E-state index contributed by atoms with van der Waals surface area (Å²) < 4.78 is 5.42. The lowest BCUT2D eigenvalue weighted by atomic mass is 10.0. The maximum absolute atomic E-state index is 5.62. The van der Waals surface area contributed by atoms with Crippen molar-refractivity contribution >= 4 is 11.3 Å². The predicted molar refractivity (Wildman–Crippen MR) is 76.1 cm³/mol. The van der Waals surface area contributed by atoms with Gasteiger partial charge in [0.1, 0.15) is 5.75 Å². The normalized spacial score (nSPS) is 12.4. The highest BCUT2D eigenvalue weighted by Gasteiger charge is 2.17. The van der Waals surface area contributed by atoms with Gasteiger partial charge in [-0.15, -0.1) is 11.3 Å². The monoisotopic (exact) mass is 278 g/mol. The number of hydrogen-bond donors (Lipinski definition) is 2. The van der Waals surface area contributed by atoms with Gasteiger partial charge in [-0.1, -0.05) is 0 Å². The Morgan fingerprint density at radius 3 is 2.79 bits per heavy atom. The number of pyridine rings is 1. The summed E-state index contributed by atoms with van der Waals surface area (Å²) in [5, 5.41) is 1.99. The molecule has 6 heteroatoms. The van der Waals surface area contributed by atoms with E-state index in [1.54, 1.807) is 24.0 Å². The number of aromatic nitrogens is 2. The second-order valence-electron chi connectivity index (χ2n) is 4.38. The lowest BCUT2D eigenvalue weighted by Crippen LogP contribution is -2.30. The fourth-order valence-electron chi connectivity index (χ4n) is 2.11. The van der Waals surface area contributed by atoms with Gasteiger partial charge in [0.2, 0.25) is 0 Å². The van der Waals surface area contributed by atoms with Gasteiger partial charge in [-0.3, -0.25) is 16.3 Å². The molecule has 2 rings (SSSR count). The first-order valence-electron chi connectivity index (χ1n) is 6.00. The third-order valence-corrected chi connectivity index (χ3v) is 3.76. The van der Waals surface area contributed by atoms with Crippen molar-refractivity contribution < 1.29 is 4.74 Å². The van der Waals surface area contributed by atoms with Crippen LogP contribution in [0.25, 0.3) is 0 Å². The van der Waals surface area contributed by atoms with E-state index in [9.17, 15) is 0 Å². The number of nitrogens with one attached hydrogen (secondary N) is 1. The molecule has 0 aliphatic heterocycles. The second kappa shape index (κ2) is 6.10. The molecule has 2 aromatic rings. The Kier molecular flexibility index (Phi) is 4.47. The number of nitrogens with zero attached hydrogens (tertiary/aromatic N) is 2. The van der Waals surface area contributed by atoms with Gasteiger partial charge in [0.15, 0.2) is 0 Å². The first-order chi connectivity index (χ1) is 9.17. The van der Waals surface area contributed by atoms with Crippen LogP contribution in [0, 0.1) is 13.8 Å². The summed E-state index contributed by atoms with van der Waals surface area (Å²) in [4.78, 5) is 8.77. The van der Waals surface area contributed by atoms with Crippen LogP contribution in [0.5, 0.6) is 5.75 Å². The summed E-state index contributed by atoms with van der Waals surface area (Å²) in [7, 11) is 1.68. The van der Waals surface area contributed by atoms with Gasteiger partial charge in [0.05, 0.1) is 24.4 Å². The molecule has 0 radical (unpaired) electrons. The third kappa shape index (κ3) is 2.91. The van der Waals surface area contributed by atoms with Crippen LogP contribution >= 0.6 is 11.3 Å². The lowest BCUT2D eigenvalue weighted by Gasteiger charge is -2.17. The zero-order valence-corrected chi connectivity index (χ0v) is 12.1. The van der Waals surface area contributed by atoms with E-state index >= 15 is 0 Å². The van der Waals surface area contributed by atoms with Gasteiger partial charge in [0, 0.05) is 34.8 Å². The molecule has 0 amide bonds. The number of methoxy groups -OCH3 is 1. The van der Waals surface area contributed by atoms with Crippen LogP contribution in [0.1, 0.15) is 28.6 Å². The minimum atomic E-state index is -0.0372. The number of rotatable bonds is 5. The van der Waals surface area contributed by atoms with E-state index < -0.39 is 0 Å².